The lowest BCUT2D eigenvalue weighted by molar-refractivity contribution is 0.274. The molecule has 0 saturated carbocycles. The minimum absolute atomic E-state index is 0.269. The largest absolute Gasteiger partial charge is 0.497 e. The van der Waals surface area contributed by atoms with Crippen LogP contribution in [0.5, 0.6) is 5.75 Å². The van der Waals surface area contributed by atoms with Gasteiger partial charge in [-0.05, 0) is 54.4 Å². The minimum Gasteiger partial charge on any atom is -0.497 e. The van der Waals surface area contributed by atoms with Gasteiger partial charge in [-0.1, -0.05) is 43.6 Å². The molecule has 0 aliphatic carbocycles. The maximum Gasteiger partial charge on any atom is 0.119 e. The molecule has 1 aromatic carbocycles. The van der Waals surface area contributed by atoms with Gasteiger partial charge < -0.3 is 4.74 Å². The Balaban J connectivity index is 2.69. The zero-order valence-electron chi connectivity index (χ0n) is 13.9. The van der Waals surface area contributed by atoms with Crippen LogP contribution in [-0.4, -0.2) is 13.2 Å². The van der Waals surface area contributed by atoms with Crippen molar-refractivity contribution in [3.63, 3.8) is 0 Å². The van der Waals surface area contributed by atoms with Crippen LogP contribution in [0.4, 0.5) is 0 Å². The topological polar surface area (TPSA) is 47.3 Å². The lowest BCUT2D eigenvalue weighted by atomic mass is 9.82. The van der Waals surface area contributed by atoms with Crippen molar-refractivity contribution in [3.8, 4) is 5.75 Å². The van der Waals surface area contributed by atoms with Crippen LogP contribution in [0.2, 0.25) is 0 Å². The first kappa shape index (κ1) is 18.5. The molecule has 0 amide bonds. The number of nitrogens with two attached hydrogens (primary N) is 1. The number of methoxy groups -OCH3 is 1. The highest BCUT2D eigenvalue weighted by Gasteiger charge is 2.19. The highest BCUT2D eigenvalue weighted by Crippen LogP contribution is 2.29. The summed E-state index contributed by atoms with van der Waals surface area (Å²) < 4.78 is 6.40. The number of benzene rings is 1. The predicted molar refractivity (Wildman–Crippen MR) is 93.4 cm³/mol. The molecule has 2 unspecified atom stereocenters. The number of rotatable bonds is 7. The summed E-state index contributed by atoms with van der Waals surface area (Å²) in [6.45, 7) is 9.16. The van der Waals surface area contributed by atoms with E-state index in [2.05, 4.69) is 55.1 Å². The third-order valence-electron chi connectivity index (χ3n) is 3.60. The molecule has 21 heavy (non-hydrogen) atoms. The number of nitrogens with one attached hydrogen (secondary N) is 1. The lowest BCUT2D eigenvalue weighted by Gasteiger charge is -2.26. The van der Waals surface area contributed by atoms with Crippen molar-refractivity contribution in [2.45, 2.75) is 53.0 Å². The molecular formula is C17H29BrN2O. The van der Waals surface area contributed by atoms with Crippen LogP contribution in [0.25, 0.3) is 0 Å². The van der Waals surface area contributed by atoms with Crippen LogP contribution < -0.4 is 16.0 Å². The Morgan fingerprint density at radius 1 is 1.33 bits per heavy atom. The summed E-state index contributed by atoms with van der Waals surface area (Å²) in [4.78, 5) is 0. The van der Waals surface area contributed by atoms with Gasteiger partial charge in [-0.15, -0.1) is 0 Å². The zero-order valence-corrected chi connectivity index (χ0v) is 15.5. The Labute approximate surface area is 137 Å². The predicted octanol–water partition coefficient (Wildman–Crippen LogP) is 4.29. The molecule has 0 bridgehead atoms. The van der Waals surface area contributed by atoms with Gasteiger partial charge in [0.15, 0.2) is 0 Å². The van der Waals surface area contributed by atoms with Gasteiger partial charge in [-0.3, -0.25) is 11.3 Å². The number of ether oxygens (including phenoxy) is 1. The fourth-order valence-corrected chi connectivity index (χ4v) is 3.33. The third kappa shape index (κ3) is 6.81. The summed E-state index contributed by atoms with van der Waals surface area (Å²) in [5.41, 5.74) is 4.55. The molecule has 0 heterocycles. The van der Waals surface area contributed by atoms with Crippen molar-refractivity contribution in [2.75, 3.05) is 7.11 Å². The molecule has 0 fully saturated rings. The van der Waals surface area contributed by atoms with Crippen LogP contribution in [0, 0.1) is 11.3 Å². The summed E-state index contributed by atoms with van der Waals surface area (Å²) in [6, 6.07) is 6.33. The SMILES string of the molecule is COc1ccc(Br)c(CC(CC(C)CC(C)(C)C)NN)c1. The van der Waals surface area contributed by atoms with E-state index in [9.17, 15) is 0 Å². The zero-order chi connectivity index (χ0) is 16.0. The minimum atomic E-state index is 0.269. The monoisotopic (exact) mass is 356 g/mol. The lowest BCUT2D eigenvalue weighted by Crippen LogP contribution is -2.38. The maximum absolute atomic E-state index is 5.76. The number of hydrazine groups is 1. The third-order valence-corrected chi connectivity index (χ3v) is 4.38. The molecule has 0 radical (unpaired) electrons. The van der Waals surface area contributed by atoms with Crippen LogP contribution in [0.3, 0.4) is 0 Å². The molecule has 1 rings (SSSR count). The van der Waals surface area contributed by atoms with Gasteiger partial charge in [0.25, 0.3) is 0 Å². The Morgan fingerprint density at radius 3 is 2.52 bits per heavy atom. The van der Waals surface area contributed by atoms with Crippen molar-refractivity contribution in [3.05, 3.63) is 28.2 Å². The van der Waals surface area contributed by atoms with Crippen LogP contribution >= 0.6 is 15.9 Å². The van der Waals surface area contributed by atoms with Gasteiger partial charge in [0, 0.05) is 10.5 Å². The molecule has 0 aliphatic heterocycles. The molecule has 2 atom stereocenters. The first-order valence-corrected chi connectivity index (χ1v) is 8.33. The van der Waals surface area contributed by atoms with E-state index in [0.29, 0.717) is 11.3 Å². The second-order valence-corrected chi connectivity index (χ2v) is 7.99. The summed E-state index contributed by atoms with van der Waals surface area (Å²) in [7, 11) is 1.69. The molecule has 3 N–H and O–H groups in total. The highest BCUT2D eigenvalue weighted by atomic mass is 79.9. The summed E-state index contributed by atoms with van der Waals surface area (Å²) in [5, 5.41) is 0. The molecular weight excluding hydrogens is 328 g/mol. The van der Waals surface area contributed by atoms with E-state index in [4.69, 9.17) is 10.6 Å². The maximum atomic E-state index is 5.76. The average molecular weight is 357 g/mol. The molecule has 0 saturated heterocycles. The quantitative estimate of drug-likeness (QED) is 0.565. The van der Waals surface area contributed by atoms with Crippen molar-refractivity contribution in [2.24, 2.45) is 17.2 Å². The number of hydrogen-bond donors (Lipinski definition) is 2. The molecule has 4 heteroatoms. The summed E-state index contributed by atoms with van der Waals surface area (Å²) in [6.07, 6.45) is 3.16. The van der Waals surface area contributed by atoms with E-state index in [-0.39, 0.29) is 6.04 Å². The van der Waals surface area contributed by atoms with E-state index >= 15 is 0 Å². The van der Waals surface area contributed by atoms with E-state index in [1.165, 1.54) is 12.0 Å². The molecule has 3 nitrogen and oxygen atoms in total. The van der Waals surface area contributed by atoms with Gasteiger partial charge in [0.05, 0.1) is 7.11 Å². The second kappa shape index (κ2) is 8.16. The van der Waals surface area contributed by atoms with Gasteiger partial charge in [-0.25, -0.2) is 0 Å². The van der Waals surface area contributed by atoms with Crippen LogP contribution in [-0.2, 0) is 6.42 Å². The van der Waals surface area contributed by atoms with E-state index in [0.717, 1.165) is 23.1 Å². The summed E-state index contributed by atoms with van der Waals surface area (Å²) in [5.74, 6) is 7.27. The van der Waals surface area contributed by atoms with Gasteiger partial charge in [0.2, 0.25) is 0 Å². The van der Waals surface area contributed by atoms with Crippen LogP contribution in [0.15, 0.2) is 22.7 Å². The number of halogens is 1. The van der Waals surface area contributed by atoms with Gasteiger partial charge in [-0.2, -0.15) is 0 Å². The van der Waals surface area contributed by atoms with Crippen LogP contribution in [0.1, 0.15) is 46.1 Å². The van der Waals surface area contributed by atoms with Crippen molar-refractivity contribution >= 4 is 15.9 Å². The molecule has 120 valence electrons. The normalized spacial score (nSPS) is 14.8. The molecule has 0 aliphatic rings. The fraction of sp³-hybridized carbons (Fsp3) is 0.647. The average Bonchev–Trinajstić information content (AvgIpc) is 2.38. The van der Waals surface area contributed by atoms with E-state index in [1.807, 2.05) is 12.1 Å². The fourth-order valence-electron chi connectivity index (χ4n) is 2.92. The Hall–Kier alpha value is -0.580. The van der Waals surface area contributed by atoms with Gasteiger partial charge >= 0.3 is 0 Å². The van der Waals surface area contributed by atoms with Crippen molar-refractivity contribution in [1.29, 1.82) is 0 Å². The number of hydrogen-bond acceptors (Lipinski definition) is 3. The smallest absolute Gasteiger partial charge is 0.119 e. The standard InChI is InChI=1S/C17H29BrN2O/c1-12(11-17(2,3)4)8-14(20-19)9-13-10-15(21-5)6-7-16(13)18/h6-7,10,12,14,20H,8-9,11,19H2,1-5H3. The Morgan fingerprint density at radius 2 is 2.00 bits per heavy atom. The van der Waals surface area contributed by atoms with Crippen molar-refractivity contribution in [1.82, 2.24) is 5.43 Å². The van der Waals surface area contributed by atoms with Gasteiger partial charge in [0.1, 0.15) is 5.75 Å². The first-order chi connectivity index (χ1) is 9.75. The highest BCUT2D eigenvalue weighted by molar-refractivity contribution is 9.10. The first-order valence-electron chi connectivity index (χ1n) is 7.53. The van der Waals surface area contributed by atoms with E-state index in [1.54, 1.807) is 7.11 Å². The molecule has 0 spiro atoms. The second-order valence-electron chi connectivity index (χ2n) is 7.13. The summed E-state index contributed by atoms with van der Waals surface area (Å²) >= 11 is 3.61. The Bertz CT molecular complexity index is 443. The molecule has 0 aromatic heterocycles. The Kier molecular flexibility index (Phi) is 7.17. The molecule has 1 aromatic rings. The van der Waals surface area contributed by atoms with E-state index < -0.39 is 0 Å². The van der Waals surface area contributed by atoms with Crippen molar-refractivity contribution < 1.29 is 4.74 Å².